The lowest BCUT2D eigenvalue weighted by molar-refractivity contribution is -0.152. The fourth-order valence-electron chi connectivity index (χ4n) is 5.56. The number of hydrogen-bond acceptors (Lipinski definition) is 6. The number of amides is 2. The molecule has 32 heavy (non-hydrogen) atoms. The molecular formula is C23H23ClN2O5S. The number of rotatable bonds is 3. The number of aliphatic hydroxyl groups excluding tert-OH is 1. The normalized spacial score (nSPS) is 35.8. The Morgan fingerprint density at radius 1 is 1.12 bits per heavy atom. The fraction of sp³-hybridized carbons (Fsp3) is 0.435. The van der Waals surface area contributed by atoms with E-state index in [1.807, 2.05) is 25.2 Å². The predicted molar refractivity (Wildman–Crippen MR) is 121 cm³/mol. The van der Waals surface area contributed by atoms with Crippen LogP contribution in [0.15, 0.2) is 48.6 Å². The van der Waals surface area contributed by atoms with E-state index in [4.69, 9.17) is 16.3 Å². The van der Waals surface area contributed by atoms with Gasteiger partial charge in [-0.3, -0.25) is 14.4 Å². The average molecular weight is 475 g/mol. The highest BCUT2D eigenvalue weighted by Gasteiger charge is 2.74. The molecule has 1 N–H and O–H groups in total. The van der Waals surface area contributed by atoms with Crippen LogP contribution in [0.5, 0.6) is 0 Å². The number of hydrogen-bond donors (Lipinski definition) is 1. The molecular weight excluding hydrogens is 452 g/mol. The summed E-state index contributed by atoms with van der Waals surface area (Å²) in [5.41, 5.74) is 0.670. The van der Waals surface area contributed by atoms with Gasteiger partial charge in [-0.25, -0.2) is 0 Å². The molecule has 9 heteroatoms. The van der Waals surface area contributed by atoms with Crippen molar-refractivity contribution >= 4 is 46.8 Å². The van der Waals surface area contributed by atoms with Crippen LogP contribution in [0.2, 0.25) is 5.02 Å². The molecule has 2 amide bonds. The number of β-amino-alcohol motifs (C(OH)–C–C–N with tert-alkyl or cyclic N) is 1. The number of anilines is 1. The molecule has 0 aliphatic carbocycles. The van der Waals surface area contributed by atoms with Gasteiger partial charge in [0.2, 0.25) is 5.91 Å². The highest BCUT2D eigenvalue weighted by molar-refractivity contribution is 8.02. The number of nitrogens with zero attached hydrogens (tertiary/aromatic N) is 2. The highest BCUT2D eigenvalue weighted by atomic mass is 35.5. The number of carbonyl (C=O) groups excluding carboxylic acids is 3. The van der Waals surface area contributed by atoms with E-state index in [1.54, 1.807) is 35.2 Å². The first-order valence-electron chi connectivity index (χ1n) is 10.5. The van der Waals surface area contributed by atoms with E-state index in [2.05, 4.69) is 0 Å². The Bertz CT molecular complexity index is 1040. The van der Waals surface area contributed by atoms with Crippen LogP contribution >= 0.6 is 23.4 Å². The molecule has 1 aromatic carbocycles. The Labute approximate surface area is 195 Å². The number of thioether (sulfide) groups is 1. The number of likely N-dealkylation sites (tertiary alicyclic amines) is 1. The second-order valence-corrected chi connectivity index (χ2v) is 10.8. The van der Waals surface area contributed by atoms with Gasteiger partial charge >= 0.3 is 5.97 Å². The van der Waals surface area contributed by atoms with Crippen molar-refractivity contribution in [2.75, 3.05) is 31.2 Å². The van der Waals surface area contributed by atoms with Crippen molar-refractivity contribution in [3.05, 3.63) is 53.6 Å². The summed E-state index contributed by atoms with van der Waals surface area (Å²) in [5.74, 6) is -2.44. The first-order valence-corrected chi connectivity index (χ1v) is 11.7. The molecule has 0 saturated carbocycles. The first-order chi connectivity index (χ1) is 15.3. The molecule has 2 saturated heterocycles. The minimum Gasteiger partial charge on any atom is -0.461 e. The number of aliphatic hydroxyl groups is 1. The lowest BCUT2D eigenvalue weighted by Gasteiger charge is -2.36. The fourth-order valence-corrected chi connectivity index (χ4v) is 7.84. The SMILES string of the molecule is C[C@]12C=CCOC(=O)[C@H]1[C@H]1C(=O)N(CCO)C3C(=O)N(c4ccc(Cl)cc4)CC=C[C@@]31S2. The Morgan fingerprint density at radius 2 is 1.88 bits per heavy atom. The van der Waals surface area contributed by atoms with Gasteiger partial charge in [0, 0.05) is 28.5 Å². The predicted octanol–water partition coefficient (Wildman–Crippen LogP) is 2.04. The zero-order chi connectivity index (χ0) is 22.7. The number of benzene rings is 1. The number of cyclic esters (lactones) is 1. The molecule has 0 bridgehead atoms. The maximum absolute atomic E-state index is 14.0. The smallest absolute Gasteiger partial charge is 0.311 e. The number of ether oxygens (including phenoxy) is 1. The Kier molecular flexibility index (Phi) is 5.15. The molecule has 4 aliphatic rings. The molecule has 0 radical (unpaired) electrons. The Hall–Kier alpha value is -2.29. The Balaban J connectivity index is 1.64. The van der Waals surface area contributed by atoms with E-state index in [9.17, 15) is 19.5 Å². The second-order valence-electron chi connectivity index (χ2n) is 8.61. The van der Waals surface area contributed by atoms with Gasteiger partial charge in [0.1, 0.15) is 12.6 Å². The average Bonchev–Trinajstić information content (AvgIpc) is 3.00. The van der Waals surface area contributed by atoms with Crippen LogP contribution in [0.25, 0.3) is 0 Å². The van der Waals surface area contributed by atoms with Crippen molar-refractivity contribution in [2.45, 2.75) is 22.5 Å². The monoisotopic (exact) mass is 474 g/mol. The standard InChI is InChI=1S/C23H23ClN2O5S/c1-22-8-3-13-31-21(30)17(22)16-19(28)26(11-12-27)18-20(29)25(10-2-9-23(16,18)32-22)15-6-4-14(24)5-7-15/h2-9,16-18,27H,10-13H2,1H3/t16-,17+,18?,22-,23-/m0/s1. The molecule has 1 spiro atoms. The zero-order valence-electron chi connectivity index (χ0n) is 17.4. The number of esters is 1. The molecule has 1 aromatic rings. The third-order valence-corrected chi connectivity index (χ3v) is 8.84. The van der Waals surface area contributed by atoms with Crippen molar-refractivity contribution < 1.29 is 24.2 Å². The summed E-state index contributed by atoms with van der Waals surface area (Å²) in [5, 5.41) is 10.2. The number of halogens is 1. The minimum absolute atomic E-state index is 0.0185. The van der Waals surface area contributed by atoms with Gasteiger partial charge in [-0.2, -0.15) is 0 Å². The molecule has 2 fully saturated rings. The summed E-state index contributed by atoms with van der Waals surface area (Å²) in [6.07, 6.45) is 7.56. The van der Waals surface area contributed by atoms with Gasteiger partial charge in [-0.05, 0) is 37.3 Å². The summed E-state index contributed by atoms with van der Waals surface area (Å²) < 4.78 is 3.76. The molecule has 4 heterocycles. The van der Waals surface area contributed by atoms with Crippen molar-refractivity contribution in [1.29, 1.82) is 0 Å². The molecule has 5 rings (SSSR count). The van der Waals surface area contributed by atoms with Crippen LogP contribution in [-0.4, -0.2) is 69.6 Å². The van der Waals surface area contributed by atoms with E-state index in [-0.39, 0.29) is 31.6 Å². The van der Waals surface area contributed by atoms with E-state index in [0.29, 0.717) is 17.3 Å². The summed E-state index contributed by atoms with van der Waals surface area (Å²) >= 11 is 7.50. The van der Waals surface area contributed by atoms with Gasteiger partial charge in [-0.15, -0.1) is 11.8 Å². The van der Waals surface area contributed by atoms with Gasteiger partial charge in [-0.1, -0.05) is 29.8 Å². The van der Waals surface area contributed by atoms with Gasteiger partial charge < -0.3 is 19.6 Å². The maximum atomic E-state index is 14.0. The van der Waals surface area contributed by atoms with Crippen molar-refractivity contribution in [2.24, 2.45) is 11.8 Å². The topological polar surface area (TPSA) is 87.1 Å². The van der Waals surface area contributed by atoms with E-state index in [1.165, 1.54) is 16.7 Å². The third kappa shape index (κ3) is 2.96. The second kappa shape index (κ2) is 7.64. The molecule has 1 unspecified atom stereocenters. The summed E-state index contributed by atoms with van der Waals surface area (Å²) in [4.78, 5) is 43.7. The number of fused-ring (bicyclic) bond motifs is 2. The molecule has 7 nitrogen and oxygen atoms in total. The van der Waals surface area contributed by atoms with Crippen LogP contribution in [0.4, 0.5) is 5.69 Å². The van der Waals surface area contributed by atoms with Crippen molar-refractivity contribution in [3.63, 3.8) is 0 Å². The van der Waals surface area contributed by atoms with Crippen LogP contribution < -0.4 is 4.90 Å². The van der Waals surface area contributed by atoms with Gasteiger partial charge in [0.25, 0.3) is 5.91 Å². The largest absolute Gasteiger partial charge is 0.461 e. The maximum Gasteiger partial charge on any atom is 0.311 e. The van der Waals surface area contributed by atoms with Crippen LogP contribution in [-0.2, 0) is 19.1 Å². The summed E-state index contributed by atoms with van der Waals surface area (Å²) in [7, 11) is 0. The minimum atomic E-state index is -0.940. The molecule has 4 aliphatic heterocycles. The molecule has 0 aromatic heterocycles. The van der Waals surface area contributed by atoms with E-state index in [0.717, 1.165) is 0 Å². The summed E-state index contributed by atoms with van der Waals surface area (Å²) in [6, 6.07) is 6.12. The Morgan fingerprint density at radius 3 is 2.59 bits per heavy atom. The van der Waals surface area contributed by atoms with Gasteiger partial charge in [0.15, 0.2) is 0 Å². The number of carbonyl (C=O) groups is 3. The lowest BCUT2D eigenvalue weighted by atomic mass is 9.75. The van der Waals surface area contributed by atoms with E-state index < -0.39 is 33.3 Å². The van der Waals surface area contributed by atoms with Crippen LogP contribution in [0, 0.1) is 11.8 Å². The quantitative estimate of drug-likeness (QED) is 0.533. The third-order valence-electron chi connectivity index (χ3n) is 6.79. The molecule has 5 atom stereocenters. The van der Waals surface area contributed by atoms with Crippen LogP contribution in [0.3, 0.4) is 0 Å². The van der Waals surface area contributed by atoms with Crippen LogP contribution in [0.1, 0.15) is 6.92 Å². The van der Waals surface area contributed by atoms with Crippen molar-refractivity contribution in [3.8, 4) is 0 Å². The van der Waals surface area contributed by atoms with E-state index >= 15 is 0 Å². The molecule has 168 valence electrons. The highest BCUT2D eigenvalue weighted by Crippen LogP contribution is 2.65. The lowest BCUT2D eigenvalue weighted by Crippen LogP contribution is -2.54. The van der Waals surface area contributed by atoms with Crippen molar-refractivity contribution in [1.82, 2.24) is 4.90 Å². The zero-order valence-corrected chi connectivity index (χ0v) is 19.0. The first kappa shape index (κ1) is 21.6. The van der Waals surface area contributed by atoms with Gasteiger partial charge in [0.05, 0.1) is 23.2 Å². The summed E-state index contributed by atoms with van der Waals surface area (Å²) in [6.45, 7) is 2.17.